The lowest BCUT2D eigenvalue weighted by Crippen LogP contribution is -2.49. The molecule has 3 saturated heterocycles. The van der Waals surface area contributed by atoms with Crippen LogP contribution in [0.2, 0.25) is 0 Å². The van der Waals surface area contributed by atoms with E-state index >= 15 is 0 Å². The quantitative estimate of drug-likeness (QED) is 0.184. The zero-order valence-corrected chi connectivity index (χ0v) is 30.6. The van der Waals surface area contributed by atoms with Gasteiger partial charge >= 0.3 is 12.2 Å². The minimum Gasteiger partial charge on any atom is -0.494 e. The predicted octanol–water partition coefficient (Wildman–Crippen LogP) is 6.40. The summed E-state index contributed by atoms with van der Waals surface area (Å²) in [5, 5.41) is 12.7. The van der Waals surface area contributed by atoms with Crippen molar-refractivity contribution in [2.24, 2.45) is 5.92 Å². The van der Waals surface area contributed by atoms with Crippen LogP contribution in [0.4, 0.5) is 35.0 Å². The molecule has 4 aliphatic rings. The molecule has 290 valence electrons. The van der Waals surface area contributed by atoms with Crippen LogP contribution in [0.5, 0.6) is 5.75 Å². The number of carbonyl (C=O) groups is 3. The fraction of sp³-hybridized carbons (Fsp3) is 0.400. The largest absolute Gasteiger partial charge is 0.494 e. The SMILES string of the molecule is COc1cc2nn(C3CCC(CN4C[C@@H]5C[C@H]4CN5c4cccc5c(N6CCC(=O)NC6=O)cncc45)CC3)cc2cc1NC(=O)c1cccc(C(F)(F)F)n1. The fourth-order valence-electron chi connectivity index (χ4n) is 9.05. The van der Waals surface area contributed by atoms with Crippen molar-refractivity contribution >= 4 is 56.6 Å². The average Bonchev–Trinajstić information content (AvgIpc) is 3.92. The van der Waals surface area contributed by atoms with Crippen LogP contribution < -0.4 is 25.2 Å². The van der Waals surface area contributed by atoms with Gasteiger partial charge in [-0.25, -0.2) is 9.78 Å². The number of benzene rings is 2. The van der Waals surface area contributed by atoms with Crippen LogP contribution in [-0.4, -0.2) is 87.9 Å². The summed E-state index contributed by atoms with van der Waals surface area (Å²) >= 11 is 0. The first-order valence-corrected chi connectivity index (χ1v) is 18.9. The zero-order chi connectivity index (χ0) is 38.7. The molecule has 3 aromatic heterocycles. The maximum Gasteiger partial charge on any atom is 0.433 e. The van der Waals surface area contributed by atoms with Gasteiger partial charge in [0.15, 0.2) is 0 Å². The van der Waals surface area contributed by atoms with E-state index in [1.165, 1.54) is 13.2 Å². The number of pyridine rings is 2. The summed E-state index contributed by atoms with van der Waals surface area (Å²) in [6, 6.07) is 13.5. The monoisotopic (exact) mass is 767 g/mol. The molecule has 56 heavy (non-hydrogen) atoms. The van der Waals surface area contributed by atoms with E-state index in [1.54, 1.807) is 23.2 Å². The number of methoxy groups -OCH3 is 1. The molecule has 2 N–H and O–H groups in total. The van der Waals surface area contributed by atoms with Gasteiger partial charge in [-0.1, -0.05) is 18.2 Å². The number of aromatic nitrogens is 4. The van der Waals surface area contributed by atoms with E-state index in [9.17, 15) is 27.6 Å². The number of likely N-dealkylation sites (tertiary alicyclic amines) is 1. The number of carbonyl (C=O) groups excluding carboxylic acids is 3. The molecule has 3 aliphatic heterocycles. The molecule has 1 aliphatic carbocycles. The third-order valence-electron chi connectivity index (χ3n) is 11.8. The number of anilines is 3. The first-order valence-electron chi connectivity index (χ1n) is 18.9. The second kappa shape index (κ2) is 14.1. The van der Waals surface area contributed by atoms with Gasteiger partial charge in [-0.05, 0) is 62.3 Å². The highest BCUT2D eigenvalue weighted by molar-refractivity contribution is 6.11. The van der Waals surface area contributed by atoms with E-state index in [2.05, 4.69) is 36.5 Å². The number of alkyl halides is 3. The molecule has 13 nitrogen and oxygen atoms in total. The van der Waals surface area contributed by atoms with E-state index < -0.39 is 23.8 Å². The molecule has 2 aromatic carbocycles. The number of hydrogen-bond acceptors (Lipinski definition) is 9. The van der Waals surface area contributed by atoms with Crippen LogP contribution in [0.25, 0.3) is 21.7 Å². The molecule has 4 amide bonds. The van der Waals surface area contributed by atoms with Crippen LogP contribution in [0, 0.1) is 5.92 Å². The molecule has 2 bridgehead atoms. The Morgan fingerprint density at radius 1 is 0.964 bits per heavy atom. The third kappa shape index (κ3) is 6.65. The summed E-state index contributed by atoms with van der Waals surface area (Å²) in [5.74, 6) is -0.107. The van der Waals surface area contributed by atoms with Gasteiger partial charge < -0.3 is 15.0 Å². The zero-order valence-electron chi connectivity index (χ0n) is 30.6. The van der Waals surface area contributed by atoms with Crippen molar-refractivity contribution in [2.75, 3.05) is 48.4 Å². The van der Waals surface area contributed by atoms with Crippen LogP contribution >= 0.6 is 0 Å². The number of amides is 4. The summed E-state index contributed by atoms with van der Waals surface area (Å²) in [4.78, 5) is 52.1. The van der Waals surface area contributed by atoms with Crippen LogP contribution in [-0.2, 0) is 11.0 Å². The average molecular weight is 768 g/mol. The lowest BCUT2D eigenvalue weighted by Gasteiger charge is -2.39. The van der Waals surface area contributed by atoms with Gasteiger partial charge in [0.2, 0.25) is 5.91 Å². The number of halogens is 3. The third-order valence-corrected chi connectivity index (χ3v) is 11.8. The highest BCUT2D eigenvalue weighted by atomic mass is 19.4. The number of rotatable bonds is 8. The minimum atomic E-state index is -4.66. The van der Waals surface area contributed by atoms with Crippen molar-refractivity contribution < 1.29 is 32.3 Å². The van der Waals surface area contributed by atoms with Gasteiger partial charge in [0.25, 0.3) is 5.91 Å². The molecule has 9 rings (SSSR count). The van der Waals surface area contributed by atoms with Crippen molar-refractivity contribution in [3.8, 4) is 5.75 Å². The van der Waals surface area contributed by atoms with Crippen LogP contribution in [0.1, 0.15) is 60.7 Å². The number of nitrogens with zero attached hydrogens (tertiary/aromatic N) is 7. The molecule has 16 heteroatoms. The fourth-order valence-corrected chi connectivity index (χ4v) is 9.05. The number of hydrogen-bond donors (Lipinski definition) is 2. The normalized spacial score (nSPS) is 22.9. The number of urea groups is 1. The summed E-state index contributed by atoms with van der Waals surface area (Å²) < 4.78 is 47.0. The summed E-state index contributed by atoms with van der Waals surface area (Å²) in [6.45, 7) is 3.32. The number of ether oxygens (including phenoxy) is 1. The first kappa shape index (κ1) is 35.9. The van der Waals surface area contributed by atoms with Gasteiger partial charge in [0, 0.05) is 85.0 Å². The summed E-state index contributed by atoms with van der Waals surface area (Å²) in [7, 11) is 1.46. The van der Waals surface area contributed by atoms with E-state index in [0.29, 0.717) is 47.2 Å². The predicted molar refractivity (Wildman–Crippen MR) is 203 cm³/mol. The van der Waals surface area contributed by atoms with Crippen LogP contribution in [0.15, 0.2) is 67.1 Å². The van der Waals surface area contributed by atoms with Crippen LogP contribution in [0.3, 0.4) is 0 Å². The molecular formula is C40H40F3N9O4. The molecular weight excluding hydrogens is 727 g/mol. The van der Waals surface area contributed by atoms with Crippen molar-refractivity contribution in [3.05, 3.63) is 78.5 Å². The van der Waals surface area contributed by atoms with Crippen molar-refractivity contribution in [1.82, 2.24) is 30.0 Å². The van der Waals surface area contributed by atoms with Gasteiger partial charge in [-0.15, -0.1) is 0 Å². The van der Waals surface area contributed by atoms with Crippen molar-refractivity contribution in [2.45, 2.75) is 62.8 Å². The Morgan fingerprint density at radius 3 is 2.54 bits per heavy atom. The Bertz CT molecular complexity index is 2360. The van der Waals surface area contributed by atoms with Gasteiger partial charge in [-0.2, -0.15) is 18.3 Å². The second-order valence-electron chi connectivity index (χ2n) is 15.2. The summed E-state index contributed by atoms with van der Waals surface area (Å²) in [6.07, 6.45) is 6.38. The molecule has 2 atom stereocenters. The van der Waals surface area contributed by atoms with Crippen molar-refractivity contribution in [1.29, 1.82) is 0 Å². The second-order valence-corrected chi connectivity index (χ2v) is 15.2. The van der Waals surface area contributed by atoms with Gasteiger partial charge in [0.05, 0.1) is 36.2 Å². The number of piperazine rings is 1. The van der Waals surface area contributed by atoms with E-state index in [4.69, 9.17) is 9.84 Å². The molecule has 6 heterocycles. The maximum absolute atomic E-state index is 13.2. The molecule has 4 fully saturated rings. The standard InChI is InChI=1S/C40H40F3N9O4/c1-56-35-16-31-24(14-32(35)46-38(54)30-5-3-7-36(45-30)40(41,42)43)20-52(48-31)25-10-8-23(9-11-25)19-49-21-27-15-26(49)22-51(27)33-6-2-4-28-29(33)17-44-18-34(28)50-13-12-37(53)47-39(50)55/h2-7,14,16-18,20,23,25-27H,8-13,15,19,21-22H2,1H3,(H,46,54)(H,47,53,55)/t23?,25?,26-,27-/m0/s1. The highest BCUT2D eigenvalue weighted by Gasteiger charge is 2.44. The molecule has 1 saturated carbocycles. The Hall–Kier alpha value is -5.77. The Morgan fingerprint density at radius 2 is 1.79 bits per heavy atom. The molecule has 5 aromatic rings. The first-order chi connectivity index (χ1) is 27.0. The van der Waals surface area contributed by atoms with E-state index in [1.807, 2.05) is 29.2 Å². The lowest BCUT2D eigenvalue weighted by molar-refractivity contribution is -0.141. The highest BCUT2D eigenvalue weighted by Crippen LogP contribution is 2.42. The Kier molecular flexibility index (Phi) is 9.02. The molecule has 0 unspecified atom stereocenters. The van der Waals surface area contributed by atoms with Gasteiger partial charge in [-0.3, -0.25) is 34.4 Å². The number of imide groups is 1. The maximum atomic E-state index is 13.2. The number of nitrogens with one attached hydrogen (secondary N) is 2. The lowest BCUT2D eigenvalue weighted by atomic mass is 9.85. The summed E-state index contributed by atoms with van der Waals surface area (Å²) in [5.41, 5.74) is 1.37. The van der Waals surface area contributed by atoms with E-state index in [0.717, 1.165) is 85.7 Å². The van der Waals surface area contributed by atoms with E-state index in [-0.39, 0.29) is 24.1 Å². The Labute approximate surface area is 319 Å². The minimum absolute atomic E-state index is 0.226. The molecule has 0 spiro atoms. The topological polar surface area (TPSA) is 138 Å². The molecule has 0 radical (unpaired) electrons. The number of fused-ring (bicyclic) bond motifs is 4. The Balaban J connectivity index is 0.822. The van der Waals surface area contributed by atoms with Gasteiger partial charge in [0.1, 0.15) is 17.1 Å². The smallest absolute Gasteiger partial charge is 0.433 e. The van der Waals surface area contributed by atoms with Crippen molar-refractivity contribution in [3.63, 3.8) is 0 Å².